The Hall–Kier alpha value is -2.64. The molecule has 8 nitrogen and oxygen atoms in total. The molecule has 25 heavy (non-hydrogen) atoms. The molecular weight excluding hydrogens is 324 g/mol. The van der Waals surface area contributed by atoms with E-state index in [1.54, 1.807) is 23.1 Å². The van der Waals surface area contributed by atoms with Crippen molar-refractivity contribution in [3.63, 3.8) is 0 Å². The van der Waals surface area contributed by atoms with Crippen LogP contribution in [0, 0.1) is 22.0 Å². The molecule has 1 saturated carbocycles. The summed E-state index contributed by atoms with van der Waals surface area (Å²) >= 11 is 0. The molecule has 1 aliphatic carbocycles. The molecule has 2 aliphatic rings. The van der Waals surface area contributed by atoms with Gasteiger partial charge in [0.2, 0.25) is 11.8 Å². The second kappa shape index (κ2) is 7.50. The van der Waals surface area contributed by atoms with Crippen LogP contribution in [0.3, 0.4) is 0 Å². The quantitative estimate of drug-likeness (QED) is 0.420. The number of nitro groups is 1. The summed E-state index contributed by atoms with van der Waals surface area (Å²) in [6, 6.07) is 6.38. The van der Waals surface area contributed by atoms with Gasteiger partial charge in [-0.15, -0.1) is 0 Å². The topological polar surface area (TPSA) is 105 Å². The Morgan fingerprint density at radius 1 is 1.28 bits per heavy atom. The highest BCUT2D eigenvalue weighted by atomic mass is 16.6. The lowest BCUT2D eigenvalue weighted by Gasteiger charge is -2.16. The second-order valence-corrected chi connectivity index (χ2v) is 6.64. The van der Waals surface area contributed by atoms with E-state index in [1.165, 1.54) is 18.9 Å². The molecule has 134 valence electrons. The van der Waals surface area contributed by atoms with Gasteiger partial charge in [-0.05, 0) is 24.8 Å². The molecule has 1 atom stereocenters. The van der Waals surface area contributed by atoms with Crippen LogP contribution in [0.4, 0.5) is 11.4 Å². The number of likely N-dealkylation sites (tertiary alicyclic amines) is 1. The van der Waals surface area contributed by atoms with Gasteiger partial charge in [0, 0.05) is 38.7 Å². The first-order chi connectivity index (χ1) is 12.0. The van der Waals surface area contributed by atoms with Gasteiger partial charge in [-0.25, -0.2) is 0 Å². The number of para-hydroxylation sites is 2. The largest absolute Gasteiger partial charge is 0.378 e. The Morgan fingerprint density at radius 2 is 2.04 bits per heavy atom. The number of hydrogen-bond acceptors (Lipinski definition) is 5. The highest BCUT2D eigenvalue weighted by Crippen LogP contribution is 2.32. The molecule has 1 heterocycles. The summed E-state index contributed by atoms with van der Waals surface area (Å²) in [6.07, 6.45) is 2.63. The highest BCUT2D eigenvalue weighted by molar-refractivity contribution is 5.89. The van der Waals surface area contributed by atoms with Gasteiger partial charge in [0.15, 0.2) is 0 Å². The molecule has 1 aliphatic heterocycles. The van der Waals surface area contributed by atoms with Crippen molar-refractivity contribution in [1.82, 2.24) is 10.2 Å². The summed E-state index contributed by atoms with van der Waals surface area (Å²) in [5.74, 6) is 0.259. The lowest BCUT2D eigenvalue weighted by atomic mass is 10.1. The number of nitrogens with one attached hydrogen (secondary N) is 2. The molecule has 2 fully saturated rings. The van der Waals surface area contributed by atoms with Crippen molar-refractivity contribution in [2.75, 3.05) is 31.5 Å². The van der Waals surface area contributed by atoms with E-state index in [2.05, 4.69) is 10.6 Å². The number of nitrogens with zero attached hydrogens (tertiary/aromatic N) is 2. The van der Waals surface area contributed by atoms with Gasteiger partial charge in [-0.2, -0.15) is 0 Å². The molecule has 0 spiro atoms. The third-order valence-corrected chi connectivity index (χ3v) is 4.60. The van der Waals surface area contributed by atoms with Gasteiger partial charge in [-0.3, -0.25) is 19.7 Å². The summed E-state index contributed by atoms with van der Waals surface area (Å²) in [4.78, 5) is 36.4. The monoisotopic (exact) mass is 346 g/mol. The third kappa shape index (κ3) is 4.46. The first-order valence-electron chi connectivity index (χ1n) is 8.57. The first kappa shape index (κ1) is 17.2. The lowest BCUT2D eigenvalue weighted by Crippen LogP contribution is -2.35. The van der Waals surface area contributed by atoms with Gasteiger partial charge in [-0.1, -0.05) is 12.1 Å². The molecule has 0 bridgehead atoms. The van der Waals surface area contributed by atoms with Crippen molar-refractivity contribution in [1.29, 1.82) is 0 Å². The van der Waals surface area contributed by atoms with E-state index in [4.69, 9.17) is 0 Å². The van der Waals surface area contributed by atoms with Crippen LogP contribution in [0.15, 0.2) is 24.3 Å². The fourth-order valence-corrected chi connectivity index (χ4v) is 3.05. The van der Waals surface area contributed by atoms with Crippen molar-refractivity contribution in [2.45, 2.75) is 19.3 Å². The zero-order chi connectivity index (χ0) is 17.8. The van der Waals surface area contributed by atoms with Crippen LogP contribution in [-0.4, -0.2) is 47.8 Å². The molecule has 0 aromatic heterocycles. The van der Waals surface area contributed by atoms with Gasteiger partial charge in [0.05, 0.1) is 10.8 Å². The molecular formula is C17H22N4O4. The average molecular weight is 346 g/mol. The van der Waals surface area contributed by atoms with Crippen molar-refractivity contribution in [3.8, 4) is 0 Å². The van der Waals surface area contributed by atoms with E-state index in [9.17, 15) is 19.7 Å². The molecule has 1 aromatic rings. The van der Waals surface area contributed by atoms with Crippen molar-refractivity contribution >= 4 is 23.2 Å². The molecule has 1 aromatic carbocycles. The number of rotatable bonds is 8. The summed E-state index contributed by atoms with van der Waals surface area (Å²) in [7, 11) is 0. The summed E-state index contributed by atoms with van der Waals surface area (Å²) in [5.41, 5.74) is 0.430. The maximum atomic E-state index is 12.2. The average Bonchev–Trinajstić information content (AvgIpc) is 3.33. The number of nitro benzene ring substituents is 1. The zero-order valence-corrected chi connectivity index (χ0v) is 13.9. The van der Waals surface area contributed by atoms with E-state index in [0.717, 1.165) is 6.54 Å². The first-order valence-corrected chi connectivity index (χ1v) is 8.57. The van der Waals surface area contributed by atoms with Gasteiger partial charge < -0.3 is 15.5 Å². The Bertz CT molecular complexity index is 674. The predicted octanol–water partition coefficient (Wildman–Crippen LogP) is 1.38. The Kier molecular flexibility index (Phi) is 5.16. The maximum Gasteiger partial charge on any atom is 0.292 e. The van der Waals surface area contributed by atoms with E-state index in [-0.39, 0.29) is 29.8 Å². The molecule has 1 saturated heterocycles. The Balaban J connectivity index is 1.41. The van der Waals surface area contributed by atoms with E-state index >= 15 is 0 Å². The predicted molar refractivity (Wildman–Crippen MR) is 92.0 cm³/mol. The van der Waals surface area contributed by atoms with Crippen LogP contribution in [-0.2, 0) is 9.59 Å². The number of benzene rings is 1. The minimum atomic E-state index is -0.445. The standard InChI is InChI=1S/C17H22N4O4/c22-16-9-13(11-20(16)10-12-5-6-12)17(23)19-8-7-18-14-3-1-2-4-15(14)21(24)25/h1-4,12-13,18H,5-11H2,(H,19,23)/t13-/m0/s1. The zero-order valence-electron chi connectivity index (χ0n) is 13.9. The smallest absolute Gasteiger partial charge is 0.292 e. The maximum absolute atomic E-state index is 12.2. The number of amides is 2. The normalized spacial score (nSPS) is 19.8. The van der Waals surface area contributed by atoms with E-state index < -0.39 is 4.92 Å². The molecule has 0 unspecified atom stereocenters. The van der Waals surface area contributed by atoms with Crippen molar-refractivity contribution in [3.05, 3.63) is 34.4 Å². The van der Waals surface area contributed by atoms with Gasteiger partial charge in [0.1, 0.15) is 5.69 Å². The Morgan fingerprint density at radius 3 is 2.76 bits per heavy atom. The number of anilines is 1. The fraction of sp³-hybridized carbons (Fsp3) is 0.529. The number of hydrogen-bond donors (Lipinski definition) is 2. The molecule has 3 rings (SSSR count). The molecule has 0 radical (unpaired) electrons. The van der Waals surface area contributed by atoms with Gasteiger partial charge >= 0.3 is 0 Å². The summed E-state index contributed by atoms with van der Waals surface area (Å²) in [6.45, 7) is 2.00. The van der Waals surface area contributed by atoms with Crippen molar-refractivity contribution in [2.24, 2.45) is 11.8 Å². The van der Waals surface area contributed by atoms with Crippen molar-refractivity contribution < 1.29 is 14.5 Å². The van der Waals surface area contributed by atoms with Gasteiger partial charge in [0.25, 0.3) is 5.69 Å². The van der Waals surface area contributed by atoms with Crippen LogP contribution < -0.4 is 10.6 Å². The van der Waals surface area contributed by atoms with E-state index in [1.807, 2.05) is 0 Å². The van der Waals surface area contributed by atoms with Crippen LogP contribution in [0.5, 0.6) is 0 Å². The van der Waals surface area contributed by atoms with Crippen LogP contribution in [0.25, 0.3) is 0 Å². The second-order valence-electron chi connectivity index (χ2n) is 6.64. The fourth-order valence-electron chi connectivity index (χ4n) is 3.05. The summed E-state index contributed by atoms with van der Waals surface area (Å²) in [5, 5.41) is 16.7. The Labute approximate surface area is 145 Å². The molecule has 8 heteroatoms. The number of carbonyl (C=O) groups is 2. The van der Waals surface area contributed by atoms with Crippen LogP contribution in [0.1, 0.15) is 19.3 Å². The van der Waals surface area contributed by atoms with Crippen LogP contribution in [0.2, 0.25) is 0 Å². The van der Waals surface area contributed by atoms with Crippen LogP contribution >= 0.6 is 0 Å². The molecule has 2 N–H and O–H groups in total. The minimum Gasteiger partial charge on any atom is -0.378 e. The summed E-state index contributed by atoms with van der Waals surface area (Å²) < 4.78 is 0. The van der Waals surface area contributed by atoms with E-state index in [0.29, 0.717) is 31.2 Å². The minimum absolute atomic E-state index is 0.00549. The lowest BCUT2D eigenvalue weighted by molar-refractivity contribution is -0.384. The number of carbonyl (C=O) groups excluding carboxylic acids is 2. The highest BCUT2D eigenvalue weighted by Gasteiger charge is 2.36. The SMILES string of the molecule is O=C(NCCNc1ccccc1[N+](=O)[O-])[C@H]1CC(=O)N(CC2CC2)C1. The third-order valence-electron chi connectivity index (χ3n) is 4.60. The molecule has 2 amide bonds.